The van der Waals surface area contributed by atoms with E-state index in [0.717, 1.165) is 11.1 Å². The van der Waals surface area contributed by atoms with E-state index in [2.05, 4.69) is 5.32 Å². The molecule has 0 aromatic heterocycles. The van der Waals surface area contributed by atoms with Crippen LogP contribution in [-0.4, -0.2) is 20.1 Å². The van der Waals surface area contributed by atoms with Crippen LogP contribution in [0, 0.1) is 6.92 Å². The maximum atomic E-state index is 12.0. The van der Waals surface area contributed by atoms with Crippen molar-refractivity contribution in [3.05, 3.63) is 59.2 Å². The van der Waals surface area contributed by atoms with E-state index in [9.17, 15) is 4.79 Å². The van der Waals surface area contributed by atoms with Crippen molar-refractivity contribution in [1.29, 1.82) is 0 Å². The van der Waals surface area contributed by atoms with E-state index in [1.54, 1.807) is 14.2 Å². The van der Waals surface area contributed by atoms with Crippen LogP contribution < -0.4 is 14.8 Å². The fourth-order valence-corrected chi connectivity index (χ4v) is 2.39. The van der Waals surface area contributed by atoms with Crippen LogP contribution in [0.15, 0.2) is 42.5 Å². The van der Waals surface area contributed by atoms with Crippen molar-refractivity contribution in [2.75, 3.05) is 14.2 Å². The predicted molar refractivity (Wildman–Crippen MR) is 90.9 cm³/mol. The Kier molecular flexibility index (Phi) is 6.03. The van der Waals surface area contributed by atoms with Crippen molar-refractivity contribution >= 4 is 5.91 Å². The fourth-order valence-electron chi connectivity index (χ4n) is 2.39. The predicted octanol–water partition coefficient (Wildman–Crippen LogP) is 3.26. The molecule has 0 aliphatic rings. The summed E-state index contributed by atoms with van der Waals surface area (Å²) >= 11 is 0. The van der Waals surface area contributed by atoms with Gasteiger partial charge in [0.25, 0.3) is 0 Å². The Bertz CT molecular complexity index is 650. The number of benzene rings is 2. The summed E-state index contributed by atoms with van der Waals surface area (Å²) in [6, 6.07) is 13.8. The minimum atomic E-state index is 0.0236. The van der Waals surface area contributed by atoms with Crippen molar-refractivity contribution in [3.8, 4) is 11.5 Å². The molecule has 2 aromatic rings. The summed E-state index contributed by atoms with van der Waals surface area (Å²) in [6.07, 6.45) is 1.02. The Morgan fingerprint density at radius 2 is 1.78 bits per heavy atom. The van der Waals surface area contributed by atoms with Crippen LogP contribution in [-0.2, 0) is 17.8 Å². The van der Waals surface area contributed by atoms with Crippen LogP contribution in [0.3, 0.4) is 0 Å². The van der Waals surface area contributed by atoms with Crippen LogP contribution >= 0.6 is 0 Å². The van der Waals surface area contributed by atoms with Gasteiger partial charge in [0.15, 0.2) is 11.5 Å². The smallest absolute Gasteiger partial charge is 0.220 e. The number of rotatable bonds is 7. The lowest BCUT2D eigenvalue weighted by molar-refractivity contribution is -0.121. The first kappa shape index (κ1) is 16.9. The summed E-state index contributed by atoms with van der Waals surface area (Å²) in [7, 11) is 3.22. The number of carbonyl (C=O) groups is 1. The molecule has 2 rings (SSSR count). The van der Waals surface area contributed by atoms with Gasteiger partial charge in [-0.1, -0.05) is 42.0 Å². The van der Waals surface area contributed by atoms with Crippen LogP contribution in [0.4, 0.5) is 0 Å². The number of amides is 1. The quantitative estimate of drug-likeness (QED) is 0.853. The largest absolute Gasteiger partial charge is 0.493 e. The average Bonchev–Trinajstić information content (AvgIpc) is 2.58. The van der Waals surface area contributed by atoms with E-state index in [1.165, 1.54) is 5.56 Å². The van der Waals surface area contributed by atoms with Gasteiger partial charge in [0.05, 0.1) is 14.2 Å². The van der Waals surface area contributed by atoms with Crippen LogP contribution in [0.2, 0.25) is 0 Å². The van der Waals surface area contributed by atoms with Gasteiger partial charge in [0.1, 0.15) is 0 Å². The molecule has 122 valence electrons. The number of hydrogen-bond donors (Lipinski definition) is 1. The molecular weight excluding hydrogens is 290 g/mol. The number of methoxy groups -OCH3 is 2. The van der Waals surface area contributed by atoms with E-state index >= 15 is 0 Å². The first-order chi connectivity index (χ1) is 11.1. The second-order valence-corrected chi connectivity index (χ2v) is 5.41. The highest BCUT2D eigenvalue weighted by atomic mass is 16.5. The lowest BCUT2D eigenvalue weighted by atomic mass is 10.1. The standard InChI is InChI=1S/C19H23NO3/c1-14-7-9-15(10-8-14)13-20-18(21)12-11-16-5-4-6-17(22-2)19(16)23-3/h4-10H,11-13H2,1-3H3,(H,20,21). The number of para-hydroxylation sites is 1. The Hall–Kier alpha value is -2.49. The number of ether oxygens (including phenoxy) is 2. The number of aryl methyl sites for hydroxylation is 2. The first-order valence-electron chi connectivity index (χ1n) is 7.66. The van der Waals surface area contributed by atoms with Gasteiger partial charge in [-0.15, -0.1) is 0 Å². The van der Waals surface area contributed by atoms with Crippen molar-refractivity contribution in [1.82, 2.24) is 5.32 Å². The molecule has 0 atom stereocenters. The third-order valence-corrected chi connectivity index (χ3v) is 3.72. The van der Waals surface area contributed by atoms with Gasteiger partial charge in [-0.2, -0.15) is 0 Å². The van der Waals surface area contributed by atoms with E-state index in [-0.39, 0.29) is 5.91 Å². The zero-order chi connectivity index (χ0) is 16.7. The summed E-state index contributed by atoms with van der Waals surface area (Å²) in [6.45, 7) is 2.60. The molecule has 0 spiro atoms. The molecule has 23 heavy (non-hydrogen) atoms. The van der Waals surface area contributed by atoms with Crippen molar-refractivity contribution in [2.24, 2.45) is 0 Å². The molecule has 0 fully saturated rings. The topological polar surface area (TPSA) is 47.6 Å². The number of nitrogens with one attached hydrogen (secondary N) is 1. The molecular formula is C19H23NO3. The zero-order valence-corrected chi connectivity index (χ0v) is 13.9. The molecule has 0 saturated heterocycles. The maximum absolute atomic E-state index is 12.0. The summed E-state index contributed by atoms with van der Waals surface area (Å²) in [5.41, 5.74) is 3.28. The van der Waals surface area contributed by atoms with Gasteiger partial charge in [-0.3, -0.25) is 4.79 Å². The molecule has 4 heteroatoms. The molecule has 0 bridgehead atoms. The third kappa shape index (κ3) is 4.74. The zero-order valence-electron chi connectivity index (χ0n) is 13.9. The van der Waals surface area contributed by atoms with Gasteiger partial charge >= 0.3 is 0 Å². The highest BCUT2D eigenvalue weighted by molar-refractivity contribution is 5.76. The maximum Gasteiger partial charge on any atom is 0.220 e. The molecule has 0 saturated carbocycles. The lowest BCUT2D eigenvalue weighted by Crippen LogP contribution is -2.23. The Morgan fingerprint density at radius 1 is 1.04 bits per heavy atom. The van der Waals surface area contributed by atoms with E-state index < -0.39 is 0 Å². The van der Waals surface area contributed by atoms with Gasteiger partial charge in [0.2, 0.25) is 5.91 Å². The molecule has 2 aromatic carbocycles. The van der Waals surface area contributed by atoms with E-state index in [1.807, 2.05) is 49.4 Å². The number of hydrogen-bond acceptors (Lipinski definition) is 3. The third-order valence-electron chi connectivity index (χ3n) is 3.72. The monoisotopic (exact) mass is 313 g/mol. The first-order valence-corrected chi connectivity index (χ1v) is 7.66. The molecule has 0 aliphatic heterocycles. The minimum absolute atomic E-state index is 0.0236. The van der Waals surface area contributed by atoms with Crippen molar-refractivity contribution in [2.45, 2.75) is 26.3 Å². The van der Waals surface area contributed by atoms with Crippen LogP contribution in [0.25, 0.3) is 0 Å². The summed E-state index contributed by atoms with van der Waals surface area (Å²) < 4.78 is 10.7. The highest BCUT2D eigenvalue weighted by Gasteiger charge is 2.11. The molecule has 0 heterocycles. The fraction of sp³-hybridized carbons (Fsp3) is 0.316. The van der Waals surface area contributed by atoms with E-state index in [4.69, 9.17) is 9.47 Å². The molecule has 1 amide bonds. The van der Waals surface area contributed by atoms with Crippen molar-refractivity contribution in [3.63, 3.8) is 0 Å². The summed E-state index contributed by atoms with van der Waals surface area (Å²) in [4.78, 5) is 12.0. The highest BCUT2D eigenvalue weighted by Crippen LogP contribution is 2.31. The molecule has 1 N–H and O–H groups in total. The molecule has 0 aliphatic carbocycles. The van der Waals surface area contributed by atoms with E-state index in [0.29, 0.717) is 30.9 Å². The second-order valence-electron chi connectivity index (χ2n) is 5.41. The minimum Gasteiger partial charge on any atom is -0.493 e. The summed E-state index contributed by atoms with van der Waals surface area (Å²) in [5.74, 6) is 1.40. The van der Waals surface area contributed by atoms with Gasteiger partial charge in [-0.25, -0.2) is 0 Å². The molecule has 0 radical (unpaired) electrons. The van der Waals surface area contributed by atoms with Crippen LogP contribution in [0.5, 0.6) is 11.5 Å². The van der Waals surface area contributed by atoms with Gasteiger partial charge < -0.3 is 14.8 Å². The Labute approximate surface area is 137 Å². The molecule has 4 nitrogen and oxygen atoms in total. The van der Waals surface area contributed by atoms with Crippen molar-refractivity contribution < 1.29 is 14.3 Å². The van der Waals surface area contributed by atoms with Crippen LogP contribution in [0.1, 0.15) is 23.1 Å². The second kappa shape index (κ2) is 8.22. The lowest BCUT2D eigenvalue weighted by Gasteiger charge is -2.12. The Balaban J connectivity index is 1.88. The average molecular weight is 313 g/mol. The normalized spacial score (nSPS) is 10.2. The SMILES string of the molecule is COc1cccc(CCC(=O)NCc2ccc(C)cc2)c1OC. The molecule has 0 unspecified atom stereocenters. The summed E-state index contributed by atoms with van der Waals surface area (Å²) in [5, 5.41) is 2.94. The van der Waals surface area contributed by atoms with Gasteiger partial charge in [-0.05, 0) is 30.5 Å². The number of carbonyl (C=O) groups excluding carboxylic acids is 1. The van der Waals surface area contributed by atoms with Gasteiger partial charge in [0, 0.05) is 13.0 Å². The Morgan fingerprint density at radius 3 is 2.43 bits per heavy atom.